The number of carboxylic acids is 1. The van der Waals surface area contributed by atoms with Crippen LogP contribution in [0.15, 0.2) is 12.1 Å². The molecule has 0 spiro atoms. The van der Waals surface area contributed by atoms with Crippen LogP contribution in [-0.2, 0) is 0 Å². The molecule has 0 aromatic carbocycles. The molecule has 0 amide bonds. The normalized spacial score (nSPS) is 21.4. The zero-order valence-corrected chi connectivity index (χ0v) is 9.89. The number of piperidine rings is 1. The fraction of sp³-hybridized carbons (Fsp3) is 0.500. The van der Waals surface area contributed by atoms with E-state index in [0.717, 1.165) is 31.6 Å². The van der Waals surface area contributed by atoms with Crippen LogP contribution in [0, 0.1) is 0 Å². The van der Waals surface area contributed by atoms with Crippen LogP contribution in [0.5, 0.6) is 0 Å². The molecule has 0 aliphatic carbocycles. The lowest BCUT2D eigenvalue weighted by molar-refractivity contribution is 0.0691. The summed E-state index contributed by atoms with van der Waals surface area (Å²) in [6.07, 6.45) is 2.18. The maximum Gasteiger partial charge on any atom is 0.356 e. The van der Waals surface area contributed by atoms with Gasteiger partial charge in [-0.25, -0.2) is 9.78 Å². The number of pyridine rings is 1. The molecule has 1 aromatic heterocycles. The van der Waals surface area contributed by atoms with Gasteiger partial charge in [-0.2, -0.15) is 0 Å². The number of hydrogen-bond acceptors (Lipinski definition) is 4. The minimum atomic E-state index is -1.06. The summed E-state index contributed by atoms with van der Waals surface area (Å²) < 4.78 is 0. The average Bonchev–Trinajstić information content (AvgIpc) is 2.29. The molecule has 0 radical (unpaired) electrons. The fourth-order valence-electron chi connectivity index (χ4n) is 2.29. The van der Waals surface area contributed by atoms with Crippen molar-refractivity contribution < 1.29 is 9.90 Å². The van der Waals surface area contributed by atoms with Crippen LogP contribution >= 0.6 is 0 Å². The van der Waals surface area contributed by atoms with Crippen LogP contribution in [-0.4, -0.2) is 41.1 Å². The van der Waals surface area contributed by atoms with Crippen LogP contribution in [0.25, 0.3) is 0 Å². The van der Waals surface area contributed by atoms with Crippen molar-refractivity contribution in [1.82, 2.24) is 9.88 Å². The Morgan fingerprint density at radius 3 is 3.00 bits per heavy atom. The van der Waals surface area contributed by atoms with E-state index in [0.29, 0.717) is 5.92 Å². The minimum Gasteiger partial charge on any atom is -0.476 e. The molecule has 5 heteroatoms. The number of likely N-dealkylation sites (tertiary alicyclic amines) is 1. The highest BCUT2D eigenvalue weighted by molar-refractivity contribution is 5.91. The number of rotatable bonds is 2. The van der Waals surface area contributed by atoms with Gasteiger partial charge < -0.3 is 15.7 Å². The molecule has 1 aliphatic rings. The summed E-state index contributed by atoms with van der Waals surface area (Å²) >= 11 is 0. The Kier molecular flexibility index (Phi) is 3.28. The van der Waals surface area contributed by atoms with Crippen LogP contribution < -0.4 is 5.73 Å². The Morgan fingerprint density at radius 2 is 2.35 bits per heavy atom. The molecule has 1 unspecified atom stereocenters. The summed E-state index contributed by atoms with van der Waals surface area (Å²) in [7, 11) is 2.07. The maximum atomic E-state index is 11.0. The summed E-state index contributed by atoms with van der Waals surface area (Å²) in [5.74, 6) is -0.749. The molecule has 0 saturated carbocycles. The van der Waals surface area contributed by atoms with Crippen molar-refractivity contribution in [3.63, 3.8) is 0 Å². The Bertz CT molecular complexity index is 434. The van der Waals surface area contributed by atoms with E-state index in [2.05, 4.69) is 16.9 Å². The van der Waals surface area contributed by atoms with Crippen molar-refractivity contribution in [3.05, 3.63) is 23.5 Å². The largest absolute Gasteiger partial charge is 0.476 e. The van der Waals surface area contributed by atoms with Crippen molar-refractivity contribution in [2.24, 2.45) is 0 Å². The van der Waals surface area contributed by atoms with Gasteiger partial charge in [0.05, 0.1) is 5.69 Å². The van der Waals surface area contributed by atoms with E-state index in [1.54, 1.807) is 6.07 Å². The first-order valence-electron chi connectivity index (χ1n) is 5.76. The number of carboxylic acid groups (broad SMARTS) is 1. The van der Waals surface area contributed by atoms with Gasteiger partial charge in [-0.05, 0) is 38.6 Å². The van der Waals surface area contributed by atoms with Crippen LogP contribution in [0.1, 0.15) is 34.9 Å². The highest BCUT2D eigenvalue weighted by Gasteiger charge is 2.21. The first kappa shape index (κ1) is 11.9. The van der Waals surface area contributed by atoms with Crippen molar-refractivity contribution in [2.45, 2.75) is 18.8 Å². The van der Waals surface area contributed by atoms with Crippen molar-refractivity contribution in [3.8, 4) is 0 Å². The Labute approximate surface area is 100 Å². The zero-order valence-electron chi connectivity index (χ0n) is 9.89. The Hall–Kier alpha value is -1.62. The zero-order chi connectivity index (χ0) is 12.4. The third-order valence-corrected chi connectivity index (χ3v) is 3.19. The summed E-state index contributed by atoms with van der Waals surface area (Å²) in [4.78, 5) is 17.4. The standard InChI is InChI=1S/C12H17N3O2/c1-15-6-2-3-8(7-15)10-5-4-9(13)11(14-10)12(16)17/h4-5,8H,2-3,6-7,13H2,1H3,(H,16,17). The van der Waals surface area contributed by atoms with Crippen molar-refractivity contribution in [2.75, 3.05) is 25.9 Å². The summed E-state index contributed by atoms with van der Waals surface area (Å²) in [5.41, 5.74) is 6.63. The first-order chi connectivity index (χ1) is 8.08. The van der Waals surface area contributed by atoms with E-state index in [9.17, 15) is 4.79 Å². The maximum absolute atomic E-state index is 11.0. The average molecular weight is 235 g/mol. The quantitative estimate of drug-likeness (QED) is 0.804. The lowest BCUT2D eigenvalue weighted by Crippen LogP contribution is -2.31. The van der Waals surface area contributed by atoms with Crippen LogP contribution in [0.3, 0.4) is 0 Å². The molecule has 5 nitrogen and oxygen atoms in total. The molecule has 1 aromatic rings. The second kappa shape index (κ2) is 4.71. The smallest absolute Gasteiger partial charge is 0.356 e. The number of likely N-dealkylation sites (N-methyl/N-ethyl adjacent to an activating group) is 1. The summed E-state index contributed by atoms with van der Waals surface area (Å²) in [5, 5.41) is 8.99. The number of aromatic nitrogens is 1. The SMILES string of the molecule is CN1CCCC(c2ccc(N)c(C(=O)O)n2)C1. The molecule has 2 rings (SSSR count). The lowest BCUT2D eigenvalue weighted by atomic mass is 9.94. The predicted molar refractivity (Wildman–Crippen MR) is 65.1 cm³/mol. The fourth-order valence-corrected chi connectivity index (χ4v) is 2.29. The van der Waals surface area contributed by atoms with Gasteiger partial charge in [0.15, 0.2) is 5.69 Å². The number of nitrogens with two attached hydrogens (primary N) is 1. The van der Waals surface area contributed by atoms with Gasteiger partial charge in [0.25, 0.3) is 0 Å². The van der Waals surface area contributed by atoms with E-state index in [1.807, 2.05) is 6.07 Å². The highest BCUT2D eigenvalue weighted by atomic mass is 16.4. The van der Waals surface area contributed by atoms with Gasteiger partial charge in [-0.1, -0.05) is 0 Å². The van der Waals surface area contributed by atoms with Gasteiger partial charge in [0.1, 0.15) is 0 Å². The molecule has 92 valence electrons. The summed E-state index contributed by atoms with van der Waals surface area (Å²) in [6.45, 7) is 2.02. The van der Waals surface area contributed by atoms with E-state index < -0.39 is 5.97 Å². The molecule has 1 saturated heterocycles. The second-order valence-corrected chi connectivity index (χ2v) is 4.58. The topological polar surface area (TPSA) is 79.5 Å². The van der Waals surface area contributed by atoms with E-state index in [-0.39, 0.29) is 11.4 Å². The van der Waals surface area contributed by atoms with Gasteiger partial charge in [-0.3, -0.25) is 0 Å². The van der Waals surface area contributed by atoms with E-state index in [1.165, 1.54) is 0 Å². The first-order valence-corrected chi connectivity index (χ1v) is 5.76. The molecule has 2 heterocycles. The van der Waals surface area contributed by atoms with Crippen LogP contribution in [0.4, 0.5) is 5.69 Å². The molecule has 1 aliphatic heterocycles. The van der Waals surface area contributed by atoms with Gasteiger partial charge in [0, 0.05) is 18.2 Å². The van der Waals surface area contributed by atoms with E-state index in [4.69, 9.17) is 10.8 Å². The predicted octanol–water partition coefficient (Wildman–Crippen LogP) is 1.17. The Morgan fingerprint density at radius 1 is 1.59 bits per heavy atom. The number of nitrogens with zero attached hydrogens (tertiary/aromatic N) is 2. The molecular weight excluding hydrogens is 218 g/mol. The molecule has 3 N–H and O–H groups in total. The summed E-state index contributed by atoms with van der Waals surface area (Å²) in [6, 6.07) is 3.48. The lowest BCUT2D eigenvalue weighted by Gasteiger charge is -2.29. The van der Waals surface area contributed by atoms with Gasteiger partial charge in [-0.15, -0.1) is 0 Å². The number of nitrogen functional groups attached to an aromatic ring is 1. The number of hydrogen-bond donors (Lipinski definition) is 2. The molecule has 1 atom stereocenters. The van der Waals surface area contributed by atoms with Crippen molar-refractivity contribution in [1.29, 1.82) is 0 Å². The molecule has 17 heavy (non-hydrogen) atoms. The number of carbonyl (C=O) groups is 1. The monoisotopic (exact) mass is 235 g/mol. The Balaban J connectivity index is 2.26. The van der Waals surface area contributed by atoms with E-state index >= 15 is 0 Å². The van der Waals surface area contributed by atoms with Crippen molar-refractivity contribution >= 4 is 11.7 Å². The third-order valence-electron chi connectivity index (χ3n) is 3.19. The number of anilines is 1. The second-order valence-electron chi connectivity index (χ2n) is 4.58. The van der Waals surface area contributed by atoms with Gasteiger partial charge >= 0.3 is 5.97 Å². The molecule has 0 bridgehead atoms. The number of aromatic carboxylic acids is 1. The highest BCUT2D eigenvalue weighted by Crippen LogP contribution is 2.26. The molecule has 1 fully saturated rings. The molecular formula is C12H17N3O2. The van der Waals surface area contributed by atoms with Crippen LogP contribution in [0.2, 0.25) is 0 Å². The van der Waals surface area contributed by atoms with Gasteiger partial charge in [0.2, 0.25) is 0 Å². The minimum absolute atomic E-state index is 0.0317. The third kappa shape index (κ3) is 2.55.